The molecule has 0 radical (unpaired) electrons. The van der Waals surface area contributed by atoms with Gasteiger partial charge in [-0.15, -0.1) is 11.8 Å². The maximum absolute atomic E-state index is 11.3. The third-order valence-corrected chi connectivity index (χ3v) is 3.96. The molecule has 100 valence electrons. The summed E-state index contributed by atoms with van der Waals surface area (Å²) in [5.41, 5.74) is 4.76. The van der Waals surface area contributed by atoms with Gasteiger partial charge >= 0.3 is 0 Å². The lowest BCUT2D eigenvalue weighted by Gasteiger charge is -2.25. The molecule has 1 unspecified atom stereocenters. The zero-order valence-corrected chi connectivity index (χ0v) is 11.7. The van der Waals surface area contributed by atoms with Crippen LogP contribution in [0, 0.1) is 0 Å². The lowest BCUT2D eigenvalue weighted by Crippen LogP contribution is -2.51. The summed E-state index contributed by atoms with van der Waals surface area (Å²) in [6.07, 6.45) is 7.83. The molecule has 0 fully saturated rings. The molecule has 18 heavy (non-hydrogen) atoms. The van der Waals surface area contributed by atoms with Crippen molar-refractivity contribution in [3.63, 3.8) is 0 Å². The van der Waals surface area contributed by atoms with E-state index < -0.39 is 5.54 Å². The van der Waals surface area contributed by atoms with E-state index in [9.17, 15) is 4.79 Å². The van der Waals surface area contributed by atoms with Crippen molar-refractivity contribution in [3.8, 4) is 0 Å². The zero-order chi connectivity index (χ0) is 13.4. The topological polar surface area (TPSA) is 80.9 Å². The molecule has 1 aromatic heterocycles. The van der Waals surface area contributed by atoms with Gasteiger partial charge in [0.1, 0.15) is 5.03 Å². The van der Waals surface area contributed by atoms with Gasteiger partial charge in [0.15, 0.2) is 0 Å². The van der Waals surface area contributed by atoms with Crippen molar-refractivity contribution in [3.05, 3.63) is 18.6 Å². The van der Waals surface area contributed by atoms with E-state index in [0.717, 1.165) is 30.0 Å². The van der Waals surface area contributed by atoms with E-state index in [1.807, 2.05) is 6.92 Å². The number of likely N-dealkylation sites (N-methyl/N-ethyl adjacent to an activating group) is 1. The maximum atomic E-state index is 11.3. The van der Waals surface area contributed by atoms with Crippen molar-refractivity contribution < 1.29 is 4.79 Å². The number of nitrogens with one attached hydrogen (secondary N) is 1. The Hall–Kier alpha value is -1.14. The Morgan fingerprint density at radius 2 is 2.28 bits per heavy atom. The Morgan fingerprint density at radius 1 is 1.50 bits per heavy atom. The molecule has 1 aromatic rings. The minimum atomic E-state index is -0.600. The van der Waals surface area contributed by atoms with Gasteiger partial charge in [-0.05, 0) is 32.6 Å². The van der Waals surface area contributed by atoms with Crippen LogP contribution in [0.25, 0.3) is 0 Å². The second-order valence-corrected chi connectivity index (χ2v) is 5.41. The number of nitrogens with zero attached hydrogens (tertiary/aromatic N) is 2. The molecule has 5 nitrogen and oxygen atoms in total. The van der Waals surface area contributed by atoms with Crippen molar-refractivity contribution in [1.82, 2.24) is 15.3 Å². The highest BCUT2D eigenvalue weighted by atomic mass is 32.2. The van der Waals surface area contributed by atoms with Crippen LogP contribution in [0.4, 0.5) is 0 Å². The summed E-state index contributed by atoms with van der Waals surface area (Å²) in [5, 5.41) is 3.92. The number of amides is 1. The fraction of sp³-hybridized carbons (Fsp3) is 0.583. The molecule has 1 amide bonds. The van der Waals surface area contributed by atoms with Crippen LogP contribution in [0.15, 0.2) is 23.6 Å². The van der Waals surface area contributed by atoms with E-state index in [1.165, 1.54) is 0 Å². The molecule has 6 heteroatoms. The number of thioether (sulfide) groups is 1. The number of carbonyl (C=O) groups excluding carboxylic acids is 1. The van der Waals surface area contributed by atoms with E-state index in [1.54, 1.807) is 37.4 Å². The average molecular weight is 268 g/mol. The lowest BCUT2D eigenvalue weighted by molar-refractivity contribution is -0.123. The van der Waals surface area contributed by atoms with Gasteiger partial charge in [0.25, 0.3) is 0 Å². The van der Waals surface area contributed by atoms with Crippen LogP contribution in [0.1, 0.15) is 26.2 Å². The average Bonchev–Trinajstić information content (AvgIpc) is 2.39. The Bertz CT molecular complexity index is 374. The van der Waals surface area contributed by atoms with Crippen LogP contribution in [0.5, 0.6) is 0 Å². The first-order valence-corrected chi connectivity index (χ1v) is 6.94. The van der Waals surface area contributed by atoms with Crippen LogP contribution in [-0.2, 0) is 4.79 Å². The third-order valence-electron chi connectivity index (χ3n) is 2.96. The summed E-state index contributed by atoms with van der Waals surface area (Å²) in [6.45, 7) is 1.84. The molecule has 0 spiro atoms. The molecule has 1 rings (SSSR count). The molecule has 0 bridgehead atoms. The Kier molecular flexibility index (Phi) is 6.07. The molecule has 1 atom stereocenters. The van der Waals surface area contributed by atoms with E-state index in [-0.39, 0.29) is 5.91 Å². The second kappa shape index (κ2) is 7.33. The maximum Gasteiger partial charge on any atom is 0.237 e. The van der Waals surface area contributed by atoms with Crippen LogP contribution < -0.4 is 11.1 Å². The Balaban J connectivity index is 2.21. The van der Waals surface area contributed by atoms with Crippen molar-refractivity contribution in [2.24, 2.45) is 5.73 Å². The largest absolute Gasteiger partial charge is 0.368 e. The summed E-state index contributed by atoms with van der Waals surface area (Å²) in [4.78, 5) is 19.5. The predicted molar refractivity (Wildman–Crippen MR) is 73.3 cm³/mol. The SMILES string of the molecule is CNC(C)(CCCCSc1cnccn1)C(N)=O. The number of primary amides is 1. The smallest absolute Gasteiger partial charge is 0.237 e. The first kappa shape index (κ1) is 14.9. The van der Waals surface area contributed by atoms with E-state index in [0.29, 0.717) is 0 Å². The standard InChI is InChI=1S/C12H20N4OS/c1-12(14-2,11(13)17)5-3-4-8-18-10-9-15-6-7-16-10/h6-7,9,14H,3-5,8H2,1-2H3,(H2,13,17). The van der Waals surface area contributed by atoms with Gasteiger partial charge in [0, 0.05) is 12.4 Å². The second-order valence-electron chi connectivity index (χ2n) is 4.30. The summed E-state index contributed by atoms with van der Waals surface area (Å²) in [7, 11) is 1.76. The predicted octanol–water partition coefficient (Wildman–Crippen LogP) is 1.20. The van der Waals surface area contributed by atoms with Gasteiger partial charge < -0.3 is 11.1 Å². The Morgan fingerprint density at radius 3 is 2.83 bits per heavy atom. The first-order valence-electron chi connectivity index (χ1n) is 5.96. The van der Waals surface area contributed by atoms with Crippen molar-refractivity contribution >= 4 is 17.7 Å². The fourth-order valence-electron chi connectivity index (χ4n) is 1.49. The summed E-state index contributed by atoms with van der Waals surface area (Å²) < 4.78 is 0. The van der Waals surface area contributed by atoms with E-state index >= 15 is 0 Å². The van der Waals surface area contributed by atoms with Crippen LogP contribution in [0.3, 0.4) is 0 Å². The fourth-order valence-corrected chi connectivity index (χ4v) is 2.32. The summed E-state index contributed by atoms with van der Waals surface area (Å²) in [5.74, 6) is 0.670. The van der Waals surface area contributed by atoms with Gasteiger partial charge in [-0.25, -0.2) is 4.98 Å². The summed E-state index contributed by atoms with van der Waals surface area (Å²) >= 11 is 1.68. The first-order chi connectivity index (χ1) is 8.58. The van der Waals surface area contributed by atoms with Gasteiger partial charge in [0.05, 0.1) is 11.7 Å². The third kappa shape index (κ3) is 4.62. The Labute approximate surface area is 112 Å². The monoisotopic (exact) mass is 268 g/mol. The minimum absolute atomic E-state index is 0.299. The van der Waals surface area contributed by atoms with Crippen molar-refractivity contribution in [1.29, 1.82) is 0 Å². The number of aromatic nitrogens is 2. The number of hydrogen-bond acceptors (Lipinski definition) is 5. The molecular formula is C12H20N4OS. The van der Waals surface area contributed by atoms with Crippen LogP contribution >= 0.6 is 11.8 Å². The molecule has 0 aliphatic carbocycles. The molecule has 0 aliphatic heterocycles. The molecular weight excluding hydrogens is 248 g/mol. The number of hydrogen-bond donors (Lipinski definition) is 2. The number of unbranched alkanes of at least 4 members (excludes halogenated alkanes) is 1. The van der Waals surface area contributed by atoms with Crippen molar-refractivity contribution in [2.45, 2.75) is 36.8 Å². The van der Waals surface area contributed by atoms with E-state index in [4.69, 9.17) is 5.73 Å². The van der Waals surface area contributed by atoms with Crippen molar-refractivity contribution in [2.75, 3.05) is 12.8 Å². The molecule has 0 saturated heterocycles. The number of rotatable bonds is 8. The molecule has 0 saturated carbocycles. The van der Waals surface area contributed by atoms with Gasteiger partial charge in [0.2, 0.25) is 5.91 Å². The van der Waals surface area contributed by atoms with Gasteiger partial charge in [-0.3, -0.25) is 9.78 Å². The van der Waals surface area contributed by atoms with Crippen LogP contribution in [0.2, 0.25) is 0 Å². The highest BCUT2D eigenvalue weighted by Crippen LogP contribution is 2.18. The van der Waals surface area contributed by atoms with Gasteiger partial charge in [-0.1, -0.05) is 6.42 Å². The quantitative estimate of drug-likeness (QED) is 0.547. The highest BCUT2D eigenvalue weighted by Gasteiger charge is 2.27. The van der Waals surface area contributed by atoms with E-state index in [2.05, 4.69) is 15.3 Å². The zero-order valence-electron chi connectivity index (χ0n) is 10.8. The normalized spacial score (nSPS) is 14.1. The summed E-state index contributed by atoms with van der Waals surface area (Å²) in [6, 6.07) is 0. The number of carbonyl (C=O) groups is 1. The molecule has 0 aromatic carbocycles. The molecule has 1 heterocycles. The highest BCUT2D eigenvalue weighted by molar-refractivity contribution is 7.99. The van der Waals surface area contributed by atoms with Crippen LogP contribution in [-0.4, -0.2) is 34.2 Å². The van der Waals surface area contributed by atoms with Gasteiger partial charge in [-0.2, -0.15) is 0 Å². The number of nitrogens with two attached hydrogens (primary N) is 1. The minimum Gasteiger partial charge on any atom is -0.368 e. The molecule has 0 aliphatic rings. The molecule has 3 N–H and O–H groups in total. The lowest BCUT2D eigenvalue weighted by atomic mass is 9.94.